The summed E-state index contributed by atoms with van der Waals surface area (Å²) < 4.78 is 11.5. The van der Waals surface area contributed by atoms with Crippen LogP contribution in [-0.2, 0) is 0 Å². The van der Waals surface area contributed by atoms with Crippen LogP contribution in [0.25, 0.3) is 136 Å². The third-order valence-corrected chi connectivity index (χ3v) is 14.2. The Hall–Kier alpha value is -8.45. The predicted octanol–water partition coefficient (Wildman–Crippen LogP) is 16.2. The van der Waals surface area contributed by atoms with E-state index in [1.807, 2.05) is 47.7 Å². The van der Waals surface area contributed by atoms with Crippen LogP contribution in [0.4, 0.5) is 0 Å². The van der Waals surface area contributed by atoms with Gasteiger partial charge in [0.15, 0.2) is 17.5 Å². The quantitative estimate of drug-likeness (QED) is 0.173. The van der Waals surface area contributed by atoms with E-state index >= 15 is 0 Å². The van der Waals surface area contributed by atoms with Gasteiger partial charge in [-0.2, -0.15) is 0 Å². The molecule has 65 heavy (non-hydrogen) atoms. The molecule has 5 nitrogen and oxygen atoms in total. The van der Waals surface area contributed by atoms with Gasteiger partial charge in [0.25, 0.3) is 0 Å². The van der Waals surface area contributed by atoms with E-state index in [4.69, 9.17) is 19.4 Å². The van der Waals surface area contributed by atoms with Gasteiger partial charge in [0.1, 0.15) is 11.2 Å². The van der Waals surface area contributed by atoms with Gasteiger partial charge in [0.05, 0.1) is 16.6 Å². The second-order valence-electron chi connectivity index (χ2n) is 16.7. The maximum absolute atomic E-state index is 6.59. The summed E-state index contributed by atoms with van der Waals surface area (Å²) in [5.74, 6) is 1.72. The highest BCUT2D eigenvalue weighted by atomic mass is 32.1. The minimum absolute atomic E-state index is 0.550. The number of furan rings is 1. The Bertz CT molecular complexity index is 4260. The molecule has 14 rings (SSSR count). The number of hydrogen-bond acceptors (Lipinski definition) is 5. The summed E-state index contributed by atoms with van der Waals surface area (Å²) >= 11 is 1.85. The molecule has 302 valence electrons. The van der Waals surface area contributed by atoms with E-state index in [0.717, 1.165) is 66.5 Å². The molecule has 0 aliphatic carbocycles. The Morgan fingerprint density at radius 3 is 1.94 bits per heavy atom. The lowest BCUT2D eigenvalue weighted by atomic mass is 9.93. The molecular formula is C59H34N4OS. The topological polar surface area (TPSA) is 56.7 Å². The van der Waals surface area contributed by atoms with Crippen molar-refractivity contribution in [3.05, 3.63) is 206 Å². The fourth-order valence-electron chi connectivity index (χ4n) is 10.1. The molecule has 0 fully saturated rings. The van der Waals surface area contributed by atoms with Crippen molar-refractivity contribution < 1.29 is 4.42 Å². The Morgan fingerprint density at radius 1 is 0.385 bits per heavy atom. The number of aromatic nitrogens is 4. The lowest BCUT2D eigenvalue weighted by Gasteiger charge is -2.16. The van der Waals surface area contributed by atoms with Gasteiger partial charge in [-0.1, -0.05) is 152 Å². The van der Waals surface area contributed by atoms with Crippen molar-refractivity contribution in [3.8, 4) is 51.0 Å². The van der Waals surface area contributed by atoms with Crippen molar-refractivity contribution >= 4 is 96.8 Å². The highest BCUT2D eigenvalue weighted by Crippen LogP contribution is 2.46. The van der Waals surface area contributed by atoms with Crippen LogP contribution in [0.3, 0.4) is 0 Å². The number of thiophene rings is 1. The van der Waals surface area contributed by atoms with E-state index < -0.39 is 0 Å². The third-order valence-electron chi connectivity index (χ3n) is 13.0. The molecule has 6 heteroatoms. The van der Waals surface area contributed by atoms with Gasteiger partial charge in [-0.05, 0) is 87.3 Å². The molecule has 0 unspecified atom stereocenters. The smallest absolute Gasteiger partial charge is 0.167 e. The molecule has 0 spiro atoms. The van der Waals surface area contributed by atoms with Gasteiger partial charge in [0, 0.05) is 58.5 Å². The van der Waals surface area contributed by atoms with Gasteiger partial charge in [0.2, 0.25) is 0 Å². The van der Waals surface area contributed by atoms with Crippen molar-refractivity contribution in [1.82, 2.24) is 19.5 Å². The summed E-state index contributed by atoms with van der Waals surface area (Å²) in [5.41, 5.74) is 9.71. The molecule has 0 saturated carbocycles. The lowest BCUT2D eigenvalue weighted by Crippen LogP contribution is -2.02. The Balaban J connectivity index is 1.08. The number of hydrogen-bond donors (Lipinski definition) is 0. The van der Waals surface area contributed by atoms with E-state index in [1.165, 1.54) is 52.5 Å². The monoisotopic (exact) mass is 846 g/mol. The summed E-state index contributed by atoms with van der Waals surface area (Å²) in [4.78, 5) is 16.0. The molecule has 0 amide bonds. The van der Waals surface area contributed by atoms with Gasteiger partial charge in [-0.15, -0.1) is 11.3 Å². The second kappa shape index (κ2) is 14.0. The third kappa shape index (κ3) is 5.54. The SMILES string of the molecule is c1ccc(-c2nc(-c3ccc(-n4c5ccccc5c5cc6ccccc6cc54)cc3-c3cccc4sc5c6ccccc6ccc5c34)nc(-c3cccc4c3oc3ccccc34)n2)cc1. The minimum atomic E-state index is 0.550. The van der Waals surface area contributed by atoms with Crippen LogP contribution in [0.2, 0.25) is 0 Å². The average molecular weight is 847 g/mol. The average Bonchev–Trinajstić information content (AvgIpc) is 4.05. The van der Waals surface area contributed by atoms with Crippen LogP contribution in [-0.4, -0.2) is 19.5 Å². The zero-order valence-electron chi connectivity index (χ0n) is 34.7. The Labute approximate surface area is 376 Å². The van der Waals surface area contributed by atoms with Gasteiger partial charge < -0.3 is 8.98 Å². The molecule has 0 bridgehead atoms. The molecular weight excluding hydrogens is 813 g/mol. The second-order valence-corrected chi connectivity index (χ2v) is 17.7. The molecule has 0 atom stereocenters. The molecule has 0 aliphatic heterocycles. The van der Waals surface area contributed by atoms with E-state index in [2.05, 4.69) is 174 Å². The Kier molecular flexibility index (Phi) is 7.79. The summed E-state index contributed by atoms with van der Waals surface area (Å²) in [6.45, 7) is 0. The first-order valence-electron chi connectivity index (χ1n) is 21.8. The molecule has 4 aromatic heterocycles. The largest absolute Gasteiger partial charge is 0.455 e. The van der Waals surface area contributed by atoms with Crippen LogP contribution in [0.5, 0.6) is 0 Å². The molecule has 4 heterocycles. The zero-order chi connectivity index (χ0) is 42.6. The van der Waals surface area contributed by atoms with Crippen LogP contribution >= 0.6 is 11.3 Å². The first kappa shape index (κ1) is 36.1. The minimum Gasteiger partial charge on any atom is -0.455 e. The van der Waals surface area contributed by atoms with Crippen molar-refractivity contribution in [2.45, 2.75) is 0 Å². The summed E-state index contributed by atoms with van der Waals surface area (Å²) in [6, 6.07) is 73.3. The molecule has 0 saturated heterocycles. The van der Waals surface area contributed by atoms with Crippen LogP contribution in [0.15, 0.2) is 211 Å². The zero-order valence-corrected chi connectivity index (χ0v) is 35.6. The Morgan fingerprint density at radius 2 is 1.06 bits per heavy atom. The van der Waals surface area contributed by atoms with Gasteiger partial charge in [-0.25, -0.2) is 15.0 Å². The molecule has 10 aromatic carbocycles. The first-order valence-corrected chi connectivity index (χ1v) is 22.7. The number of rotatable bonds is 5. The number of nitrogens with zero attached hydrogens (tertiary/aromatic N) is 4. The molecule has 0 N–H and O–H groups in total. The summed E-state index contributed by atoms with van der Waals surface area (Å²) in [5, 5.41) is 11.9. The van der Waals surface area contributed by atoms with E-state index in [9.17, 15) is 0 Å². The van der Waals surface area contributed by atoms with E-state index in [-0.39, 0.29) is 0 Å². The lowest BCUT2D eigenvalue weighted by molar-refractivity contribution is 0.669. The van der Waals surface area contributed by atoms with E-state index in [1.54, 1.807) is 0 Å². The van der Waals surface area contributed by atoms with E-state index in [0.29, 0.717) is 17.5 Å². The number of para-hydroxylation sites is 3. The fraction of sp³-hybridized carbons (Fsp3) is 0. The van der Waals surface area contributed by atoms with Crippen LogP contribution in [0, 0.1) is 0 Å². The van der Waals surface area contributed by atoms with Crippen molar-refractivity contribution in [3.63, 3.8) is 0 Å². The highest BCUT2D eigenvalue weighted by molar-refractivity contribution is 7.26. The molecule has 0 radical (unpaired) electrons. The van der Waals surface area contributed by atoms with Gasteiger partial charge >= 0.3 is 0 Å². The molecule has 14 aromatic rings. The number of benzene rings is 10. The first-order chi connectivity index (χ1) is 32.2. The summed E-state index contributed by atoms with van der Waals surface area (Å²) in [7, 11) is 0. The maximum Gasteiger partial charge on any atom is 0.167 e. The standard InChI is InChI=1S/C59H34N4OS/c1-2-15-36(16-3-1)57-60-58(62-59(61-57)47-24-12-23-44-42-21-9-11-26-52(42)64-55(44)47)45-31-29-39(63-50-25-10-8-20-41(50)49-32-37-17-4-5-18-38(37)33-51(49)63)34-48(45)43-22-13-27-53-54(43)46-30-28-35-14-6-7-19-40(35)56(46)65-53/h1-34H. The van der Waals surface area contributed by atoms with Crippen molar-refractivity contribution in [1.29, 1.82) is 0 Å². The van der Waals surface area contributed by atoms with Crippen molar-refractivity contribution in [2.24, 2.45) is 0 Å². The molecule has 0 aliphatic rings. The van der Waals surface area contributed by atoms with Crippen LogP contribution in [0.1, 0.15) is 0 Å². The highest BCUT2D eigenvalue weighted by Gasteiger charge is 2.23. The van der Waals surface area contributed by atoms with Crippen molar-refractivity contribution in [2.75, 3.05) is 0 Å². The normalized spacial score (nSPS) is 12.0. The number of fused-ring (bicyclic) bond motifs is 12. The van der Waals surface area contributed by atoms with Gasteiger partial charge in [-0.3, -0.25) is 0 Å². The maximum atomic E-state index is 6.59. The fourth-order valence-corrected chi connectivity index (χ4v) is 11.3. The predicted molar refractivity (Wildman–Crippen MR) is 271 cm³/mol. The summed E-state index contributed by atoms with van der Waals surface area (Å²) in [6.07, 6.45) is 0. The van der Waals surface area contributed by atoms with Crippen LogP contribution < -0.4 is 0 Å².